The molecule has 2 aliphatic rings. The van der Waals surface area contributed by atoms with Crippen molar-refractivity contribution in [2.45, 2.75) is 38.3 Å². The predicted molar refractivity (Wildman–Crippen MR) is 110 cm³/mol. The molecule has 1 N–H and O–H groups in total. The summed E-state index contributed by atoms with van der Waals surface area (Å²) in [7, 11) is 1.88. The van der Waals surface area contributed by atoms with Gasteiger partial charge in [-0.15, -0.1) is 0 Å². The third kappa shape index (κ3) is 3.65. The highest BCUT2D eigenvalue weighted by Crippen LogP contribution is 2.31. The summed E-state index contributed by atoms with van der Waals surface area (Å²) in [5, 5.41) is 12.9. The quantitative estimate of drug-likeness (QED) is 0.692. The van der Waals surface area contributed by atoms with Crippen molar-refractivity contribution in [2.24, 2.45) is 13.0 Å². The summed E-state index contributed by atoms with van der Waals surface area (Å²) >= 11 is 0. The van der Waals surface area contributed by atoms with Gasteiger partial charge in [0.05, 0.1) is 28.8 Å². The van der Waals surface area contributed by atoms with Gasteiger partial charge in [0.2, 0.25) is 11.8 Å². The summed E-state index contributed by atoms with van der Waals surface area (Å²) in [6.07, 6.45) is 8.08. The first-order valence-electron chi connectivity index (χ1n) is 10.5. The van der Waals surface area contributed by atoms with Crippen molar-refractivity contribution in [3.8, 4) is 17.1 Å². The molecule has 5 heterocycles. The van der Waals surface area contributed by atoms with Gasteiger partial charge in [0.1, 0.15) is 6.10 Å². The minimum atomic E-state index is -0.139. The van der Waals surface area contributed by atoms with E-state index < -0.39 is 0 Å². The standard InChI is InChI=1S/C21H26N6O3/c1-13(14-7-20(28)22-9-14)30-21-17-12-26(2)25-19(17)8-18(24-21)15-10-23-27(11-15)16-3-5-29-6-4-16/h8,10-14,16H,3-7,9H2,1-2H3,(H,22,28). The Morgan fingerprint density at radius 1 is 1.30 bits per heavy atom. The SMILES string of the molecule is CC(Oc1nc(-c2cnn(C3CCOCC3)c2)cc2nn(C)cc12)C1CNC(=O)C1. The highest BCUT2D eigenvalue weighted by molar-refractivity contribution is 5.86. The normalized spacial score (nSPS) is 21.1. The molecule has 2 aliphatic heterocycles. The van der Waals surface area contributed by atoms with Gasteiger partial charge in [0.25, 0.3) is 0 Å². The molecular weight excluding hydrogens is 384 g/mol. The van der Waals surface area contributed by atoms with E-state index in [1.807, 2.05) is 43.3 Å². The lowest BCUT2D eigenvalue weighted by Gasteiger charge is -2.22. The number of carbonyl (C=O) groups is 1. The number of carbonyl (C=O) groups excluding carboxylic acids is 1. The molecule has 0 saturated carbocycles. The monoisotopic (exact) mass is 410 g/mol. The maximum absolute atomic E-state index is 11.6. The third-order valence-electron chi connectivity index (χ3n) is 6.02. The Kier molecular flexibility index (Phi) is 4.90. The molecule has 0 radical (unpaired) electrons. The zero-order valence-electron chi connectivity index (χ0n) is 17.2. The average molecular weight is 410 g/mol. The summed E-state index contributed by atoms with van der Waals surface area (Å²) in [5.41, 5.74) is 2.54. The number of amides is 1. The number of aromatic nitrogens is 5. The number of nitrogens with zero attached hydrogens (tertiary/aromatic N) is 5. The van der Waals surface area contributed by atoms with Crippen LogP contribution in [0.5, 0.6) is 5.88 Å². The lowest BCUT2D eigenvalue weighted by atomic mass is 10.0. The Bertz CT molecular complexity index is 1070. The third-order valence-corrected chi connectivity index (χ3v) is 6.02. The number of fused-ring (bicyclic) bond motifs is 1. The molecule has 2 fully saturated rings. The summed E-state index contributed by atoms with van der Waals surface area (Å²) in [6, 6.07) is 2.33. The number of hydrogen-bond donors (Lipinski definition) is 1. The molecule has 0 spiro atoms. The number of nitrogens with one attached hydrogen (secondary N) is 1. The lowest BCUT2D eigenvalue weighted by Crippen LogP contribution is -2.26. The van der Waals surface area contributed by atoms with Crippen LogP contribution in [0.4, 0.5) is 0 Å². The Balaban J connectivity index is 1.46. The van der Waals surface area contributed by atoms with E-state index in [0.29, 0.717) is 24.9 Å². The highest BCUT2D eigenvalue weighted by Gasteiger charge is 2.29. The van der Waals surface area contributed by atoms with Gasteiger partial charge in [0.15, 0.2) is 0 Å². The predicted octanol–water partition coefficient (Wildman–Crippen LogP) is 2.09. The van der Waals surface area contributed by atoms with Crippen molar-refractivity contribution in [3.05, 3.63) is 24.7 Å². The van der Waals surface area contributed by atoms with Gasteiger partial charge in [-0.1, -0.05) is 0 Å². The Morgan fingerprint density at radius 3 is 2.90 bits per heavy atom. The van der Waals surface area contributed by atoms with E-state index in [2.05, 4.69) is 15.5 Å². The molecule has 0 aromatic carbocycles. The van der Waals surface area contributed by atoms with Crippen molar-refractivity contribution in [3.63, 3.8) is 0 Å². The van der Waals surface area contributed by atoms with Gasteiger partial charge in [0, 0.05) is 57.1 Å². The van der Waals surface area contributed by atoms with Crippen LogP contribution in [0.2, 0.25) is 0 Å². The lowest BCUT2D eigenvalue weighted by molar-refractivity contribution is -0.119. The van der Waals surface area contributed by atoms with E-state index >= 15 is 0 Å². The Hall–Kier alpha value is -2.94. The second kappa shape index (κ2) is 7.71. The highest BCUT2D eigenvalue weighted by atomic mass is 16.5. The van der Waals surface area contributed by atoms with Crippen molar-refractivity contribution in [2.75, 3.05) is 19.8 Å². The molecule has 3 aromatic heterocycles. The van der Waals surface area contributed by atoms with E-state index in [9.17, 15) is 4.79 Å². The van der Waals surface area contributed by atoms with Gasteiger partial charge in [-0.05, 0) is 25.8 Å². The second-order valence-corrected chi connectivity index (χ2v) is 8.19. The molecular formula is C21H26N6O3. The summed E-state index contributed by atoms with van der Waals surface area (Å²) < 4.78 is 15.5. The Labute approximate surface area is 174 Å². The van der Waals surface area contributed by atoms with Crippen LogP contribution in [0.3, 0.4) is 0 Å². The molecule has 9 nitrogen and oxygen atoms in total. The van der Waals surface area contributed by atoms with Crippen molar-refractivity contribution >= 4 is 16.8 Å². The number of ether oxygens (including phenoxy) is 2. The van der Waals surface area contributed by atoms with Crippen molar-refractivity contribution < 1.29 is 14.3 Å². The van der Waals surface area contributed by atoms with Gasteiger partial charge in [-0.3, -0.25) is 14.2 Å². The molecule has 3 aromatic rings. The molecule has 2 saturated heterocycles. The first-order chi connectivity index (χ1) is 14.6. The van der Waals surface area contributed by atoms with Crippen LogP contribution < -0.4 is 10.1 Å². The molecule has 5 rings (SSSR count). The fraction of sp³-hybridized carbons (Fsp3) is 0.524. The minimum Gasteiger partial charge on any atom is -0.474 e. The van der Waals surface area contributed by atoms with E-state index in [-0.39, 0.29) is 17.9 Å². The minimum absolute atomic E-state index is 0.0733. The van der Waals surface area contributed by atoms with Crippen molar-refractivity contribution in [1.29, 1.82) is 0 Å². The van der Waals surface area contributed by atoms with E-state index in [0.717, 1.165) is 48.2 Å². The van der Waals surface area contributed by atoms with Crippen LogP contribution in [0.25, 0.3) is 22.2 Å². The number of aryl methyl sites for hydroxylation is 1. The van der Waals surface area contributed by atoms with Crippen LogP contribution >= 0.6 is 0 Å². The zero-order chi connectivity index (χ0) is 20.7. The maximum Gasteiger partial charge on any atom is 0.225 e. The number of pyridine rings is 1. The zero-order valence-corrected chi connectivity index (χ0v) is 17.2. The van der Waals surface area contributed by atoms with Crippen LogP contribution in [0.15, 0.2) is 24.7 Å². The molecule has 1 amide bonds. The summed E-state index contributed by atoms with van der Waals surface area (Å²) in [6.45, 7) is 4.16. The fourth-order valence-electron chi connectivity index (χ4n) is 4.20. The first-order valence-corrected chi connectivity index (χ1v) is 10.5. The first kappa shape index (κ1) is 19.0. The summed E-state index contributed by atoms with van der Waals surface area (Å²) in [5.74, 6) is 0.747. The smallest absolute Gasteiger partial charge is 0.225 e. The average Bonchev–Trinajstić information content (AvgIpc) is 3.47. The number of rotatable bonds is 5. The molecule has 9 heteroatoms. The fourth-order valence-corrected chi connectivity index (χ4v) is 4.20. The van der Waals surface area contributed by atoms with Gasteiger partial charge in [-0.2, -0.15) is 10.2 Å². The van der Waals surface area contributed by atoms with Crippen LogP contribution in [-0.4, -0.2) is 56.3 Å². The molecule has 2 atom stereocenters. The van der Waals surface area contributed by atoms with Crippen molar-refractivity contribution in [1.82, 2.24) is 29.9 Å². The van der Waals surface area contributed by atoms with E-state index in [1.54, 1.807) is 4.68 Å². The van der Waals surface area contributed by atoms with E-state index in [4.69, 9.17) is 14.5 Å². The molecule has 30 heavy (non-hydrogen) atoms. The van der Waals surface area contributed by atoms with Crippen LogP contribution in [0.1, 0.15) is 32.2 Å². The van der Waals surface area contributed by atoms with E-state index in [1.165, 1.54) is 0 Å². The van der Waals surface area contributed by atoms with Gasteiger partial charge < -0.3 is 14.8 Å². The molecule has 2 unspecified atom stereocenters. The molecule has 158 valence electrons. The molecule has 0 bridgehead atoms. The largest absolute Gasteiger partial charge is 0.474 e. The van der Waals surface area contributed by atoms with Crippen LogP contribution in [0, 0.1) is 5.92 Å². The van der Waals surface area contributed by atoms with Gasteiger partial charge in [-0.25, -0.2) is 4.98 Å². The van der Waals surface area contributed by atoms with Gasteiger partial charge >= 0.3 is 0 Å². The maximum atomic E-state index is 11.6. The second-order valence-electron chi connectivity index (χ2n) is 8.19. The topological polar surface area (TPSA) is 96.1 Å². The van der Waals surface area contributed by atoms with Crippen LogP contribution in [-0.2, 0) is 16.6 Å². The number of hydrogen-bond acceptors (Lipinski definition) is 6. The Morgan fingerprint density at radius 2 is 2.13 bits per heavy atom. The summed E-state index contributed by atoms with van der Waals surface area (Å²) in [4.78, 5) is 16.4. The molecule has 0 aliphatic carbocycles.